The second-order valence-electron chi connectivity index (χ2n) is 3.81. The number of hydrogen-bond acceptors (Lipinski definition) is 3. The van der Waals surface area contributed by atoms with Crippen molar-refractivity contribution in [2.24, 2.45) is 0 Å². The van der Waals surface area contributed by atoms with Gasteiger partial charge in [-0.25, -0.2) is 4.39 Å². The number of nitrogens with zero attached hydrogens (tertiary/aromatic N) is 1. The average Bonchev–Trinajstić information content (AvgIpc) is 2.35. The van der Waals surface area contributed by atoms with Gasteiger partial charge in [0.15, 0.2) is 6.61 Å². The second-order valence-corrected chi connectivity index (χ2v) is 3.81. The first-order valence-electron chi connectivity index (χ1n) is 5.34. The van der Waals surface area contributed by atoms with Crippen molar-refractivity contribution in [1.82, 2.24) is 10.2 Å². The Morgan fingerprint density at radius 2 is 1.89 bits per heavy atom. The summed E-state index contributed by atoms with van der Waals surface area (Å²) in [5.41, 5.74) is 0. The van der Waals surface area contributed by atoms with Crippen molar-refractivity contribution < 1.29 is 18.7 Å². The number of halogens is 1. The number of likely N-dealkylation sites (N-methyl/N-ethyl adjacent to an activating group) is 1. The lowest BCUT2D eigenvalue weighted by atomic mass is 10.3. The fraction of sp³-hybridized carbons (Fsp3) is 0.333. The molecule has 0 atom stereocenters. The third-order valence-electron chi connectivity index (χ3n) is 2.12. The summed E-state index contributed by atoms with van der Waals surface area (Å²) in [5.74, 6) is -0.589. The molecule has 0 aliphatic heterocycles. The minimum atomic E-state index is -0.408. The molecule has 0 aliphatic rings. The van der Waals surface area contributed by atoms with Crippen LogP contribution in [0.15, 0.2) is 24.3 Å². The molecule has 0 spiro atoms. The topological polar surface area (TPSA) is 58.6 Å². The lowest BCUT2D eigenvalue weighted by Crippen LogP contribution is -2.38. The molecule has 0 bridgehead atoms. The van der Waals surface area contributed by atoms with Gasteiger partial charge in [0, 0.05) is 14.1 Å². The quantitative estimate of drug-likeness (QED) is 0.828. The minimum Gasteiger partial charge on any atom is -0.484 e. The number of carbonyl (C=O) groups excluding carboxylic acids is 2. The Labute approximate surface area is 105 Å². The number of rotatable bonds is 5. The molecule has 0 radical (unpaired) electrons. The number of hydrogen-bond donors (Lipinski definition) is 1. The fourth-order valence-electron chi connectivity index (χ4n) is 1.06. The predicted octanol–water partition coefficient (Wildman–Crippen LogP) is 0.409. The molecule has 18 heavy (non-hydrogen) atoms. The van der Waals surface area contributed by atoms with Gasteiger partial charge in [0.25, 0.3) is 5.91 Å². The van der Waals surface area contributed by atoms with E-state index in [2.05, 4.69) is 5.32 Å². The molecule has 0 aromatic heterocycles. The number of benzene rings is 1. The van der Waals surface area contributed by atoms with Crippen LogP contribution in [-0.4, -0.2) is 44.0 Å². The SMILES string of the molecule is CN(C)C(=O)CNC(=O)COc1ccc(F)cc1. The highest BCUT2D eigenvalue weighted by Gasteiger charge is 2.07. The van der Waals surface area contributed by atoms with E-state index in [0.717, 1.165) is 0 Å². The van der Waals surface area contributed by atoms with Gasteiger partial charge in [0.1, 0.15) is 11.6 Å². The van der Waals surface area contributed by atoms with E-state index in [1.54, 1.807) is 14.1 Å². The van der Waals surface area contributed by atoms with Crippen LogP contribution in [0.5, 0.6) is 5.75 Å². The van der Waals surface area contributed by atoms with Crippen LogP contribution in [0.25, 0.3) is 0 Å². The first kappa shape index (κ1) is 14.0. The largest absolute Gasteiger partial charge is 0.484 e. The summed E-state index contributed by atoms with van der Waals surface area (Å²) in [6, 6.07) is 5.33. The van der Waals surface area contributed by atoms with E-state index in [-0.39, 0.29) is 24.9 Å². The molecular weight excluding hydrogens is 239 g/mol. The van der Waals surface area contributed by atoms with Gasteiger partial charge in [-0.05, 0) is 24.3 Å². The molecule has 98 valence electrons. The van der Waals surface area contributed by atoms with Crippen LogP contribution >= 0.6 is 0 Å². The van der Waals surface area contributed by atoms with Crippen molar-refractivity contribution in [2.75, 3.05) is 27.2 Å². The van der Waals surface area contributed by atoms with Gasteiger partial charge in [0.05, 0.1) is 6.54 Å². The zero-order valence-electron chi connectivity index (χ0n) is 10.3. The lowest BCUT2D eigenvalue weighted by Gasteiger charge is -2.11. The molecule has 0 heterocycles. The summed E-state index contributed by atoms with van der Waals surface area (Å²) in [6.07, 6.45) is 0. The summed E-state index contributed by atoms with van der Waals surface area (Å²) >= 11 is 0. The van der Waals surface area contributed by atoms with E-state index in [9.17, 15) is 14.0 Å². The molecule has 0 fully saturated rings. The molecule has 1 aromatic rings. The van der Waals surface area contributed by atoms with E-state index < -0.39 is 5.91 Å². The first-order chi connectivity index (χ1) is 8.49. The van der Waals surface area contributed by atoms with Crippen molar-refractivity contribution in [3.63, 3.8) is 0 Å². The van der Waals surface area contributed by atoms with Crippen molar-refractivity contribution in [3.05, 3.63) is 30.1 Å². The van der Waals surface area contributed by atoms with Crippen molar-refractivity contribution >= 4 is 11.8 Å². The Balaban J connectivity index is 2.29. The molecule has 0 aliphatic carbocycles. The van der Waals surface area contributed by atoms with Gasteiger partial charge in [-0.1, -0.05) is 0 Å². The zero-order chi connectivity index (χ0) is 13.5. The maximum absolute atomic E-state index is 12.6. The highest BCUT2D eigenvalue weighted by atomic mass is 19.1. The molecule has 0 saturated heterocycles. The number of carbonyl (C=O) groups is 2. The fourth-order valence-corrected chi connectivity index (χ4v) is 1.06. The van der Waals surface area contributed by atoms with Gasteiger partial charge >= 0.3 is 0 Å². The van der Waals surface area contributed by atoms with Crippen LogP contribution < -0.4 is 10.1 Å². The van der Waals surface area contributed by atoms with Crippen LogP contribution in [0.4, 0.5) is 4.39 Å². The number of nitrogens with one attached hydrogen (secondary N) is 1. The maximum Gasteiger partial charge on any atom is 0.258 e. The molecule has 1 N–H and O–H groups in total. The van der Waals surface area contributed by atoms with Crippen molar-refractivity contribution in [2.45, 2.75) is 0 Å². The summed E-state index contributed by atoms with van der Waals surface area (Å²) < 4.78 is 17.7. The lowest BCUT2D eigenvalue weighted by molar-refractivity contribution is -0.131. The molecule has 5 nitrogen and oxygen atoms in total. The Kier molecular flexibility index (Phi) is 5.10. The highest BCUT2D eigenvalue weighted by molar-refractivity contribution is 5.85. The molecule has 6 heteroatoms. The van der Waals surface area contributed by atoms with Crippen molar-refractivity contribution in [1.29, 1.82) is 0 Å². The minimum absolute atomic E-state index is 0.0708. The maximum atomic E-state index is 12.6. The van der Waals surface area contributed by atoms with E-state index in [4.69, 9.17) is 4.74 Å². The van der Waals surface area contributed by atoms with E-state index in [1.807, 2.05) is 0 Å². The van der Waals surface area contributed by atoms with E-state index >= 15 is 0 Å². The van der Waals surface area contributed by atoms with Gasteiger partial charge in [0.2, 0.25) is 5.91 Å². The third kappa shape index (κ3) is 4.82. The van der Waals surface area contributed by atoms with Crippen LogP contribution in [0, 0.1) is 5.82 Å². The monoisotopic (exact) mass is 254 g/mol. The smallest absolute Gasteiger partial charge is 0.258 e. The molecule has 0 saturated carbocycles. The van der Waals surface area contributed by atoms with Crippen molar-refractivity contribution in [3.8, 4) is 5.75 Å². The summed E-state index contributed by atoms with van der Waals surface area (Å²) in [4.78, 5) is 23.9. The van der Waals surface area contributed by atoms with Crippen LogP contribution in [0.3, 0.4) is 0 Å². The van der Waals surface area contributed by atoms with Gasteiger partial charge < -0.3 is 15.0 Å². The summed E-state index contributed by atoms with van der Waals surface area (Å²) in [6.45, 7) is -0.287. The highest BCUT2D eigenvalue weighted by Crippen LogP contribution is 2.10. The summed E-state index contributed by atoms with van der Waals surface area (Å²) in [7, 11) is 3.20. The van der Waals surface area contributed by atoms with Crippen LogP contribution in [0.2, 0.25) is 0 Å². The van der Waals surface area contributed by atoms with E-state index in [1.165, 1.54) is 29.2 Å². The first-order valence-corrected chi connectivity index (χ1v) is 5.34. The van der Waals surface area contributed by atoms with Gasteiger partial charge in [-0.2, -0.15) is 0 Å². The molecule has 1 aromatic carbocycles. The van der Waals surface area contributed by atoms with Gasteiger partial charge in [-0.15, -0.1) is 0 Å². The Hall–Kier alpha value is -2.11. The number of ether oxygens (including phenoxy) is 1. The number of amides is 2. The van der Waals surface area contributed by atoms with Gasteiger partial charge in [-0.3, -0.25) is 9.59 Å². The second kappa shape index (κ2) is 6.58. The molecule has 2 amide bonds. The zero-order valence-corrected chi connectivity index (χ0v) is 10.3. The molecule has 1 rings (SSSR count). The molecular formula is C12H15FN2O3. The normalized spacial score (nSPS) is 9.72. The van der Waals surface area contributed by atoms with Crippen LogP contribution in [0.1, 0.15) is 0 Å². The Bertz CT molecular complexity index is 418. The average molecular weight is 254 g/mol. The summed E-state index contributed by atoms with van der Waals surface area (Å²) in [5, 5.41) is 2.42. The third-order valence-corrected chi connectivity index (χ3v) is 2.12. The molecule has 0 unspecified atom stereocenters. The predicted molar refractivity (Wildman–Crippen MR) is 63.6 cm³/mol. The van der Waals surface area contributed by atoms with E-state index in [0.29, 0.717) is 5.75 Å². The van der Waals surface area contributed by atoms with Crippen LogP contribution in [-0.2, 0) is 9.59 Å². The Morgan fingerprint density at radius 3 is 2.44 bits per heavy atom. The standard InChI is InChI=1S/C12H15FN2O3/c1-15(2)12(17)7-14-11(16)8-18-10-5-3-9(13)4-6-10/h3-6H,7-8H2,1-2H3,(H,14,16). The Morgan fingerprint density at radius 1 is 1.28 bits per heavy atom.